The van der Waals surface area contributed by atoms with Crippen LogP contribution in [0, 0.1) is 5.92 Å². The summed E-state index contributed by atoms with van der Waals surface area (Å²) in [6.07, 6.45) is 4.79. The summed E-state index contributed by atoms with van der Waals surface area (Å²) in [7, 11) is 0. The first kappa shape index (κ1) is 11.8. The van der Waals surface area contributed by atoms with Crippen molar-refractivity contribution < 1.29 is 9.59 Å². The van der Waals surface area contributed by atoms with Gasteiger partial charge in [-0.05, 0) is 5.92 Å². The highest BCUT2D eigenvalue weighted by atomic mass is 16.1. The van der Waals surface area contributed by atoms with Crippen LogP contribution in [0.25, 0.3) is 0 Å². The van der Waals surface area contributed by atoms with Crippen LogP contribution in [0.1, 0.15) is 26.7 Å². The predicted octanol–water partition coefficient (Wildman–Crippen LogP) is 1.46. The van der Waals surface area contributed by atoms with E-state index in [0.717, 1.165) is 12.8 Å². The standard InChI is InChI=1S/C9H14N2O2/c1-3-8(4-2)9(11-7-13)5-10-6-12/h8-9H,3-5H2,1-2H3. The van der Waals surface area contributed by atoms with Crippen LogP contribution in [0.5, 0.6) is 0 Å². The van der Waals surface area contributed by atoms with E-state index in [-0.39, 0.29) is 12.6 Å². The Labute approximate surface area is 77.8 Å². The Kier molecular flexibility index (Phi) is 6.70. The summed E-state index contributed by atoms with van der Waals surface area (Å²) < 4.78 is 0. The van der Waals surface area contributed by atoms with E-state index in [1.165, 1.54) is 12.2 Å². The molecule has 0 spiro atoms. The Morgan fingerprint density at radius 1 is 1.15 bits per heavy atom. The lowest BCUT2D eigenvalue weighted by atomic mass is 9.95. The first-order chi connectivity index (χ1) is 6.29. The van der Waals surface area contributed by atoms with Crippen LogP contribution in [0.2, 0.25) is 0 Å². The van der Waals surface area contributed by atoms with Gasteiger partial charge in [-0.25, -0.2) is 19.6 Å². The number of hydrogen-bond acceptors (Lipinski definition) is 4. The third-order valence-electron chi connectivity index (χ3n) is 2.15. The monoisotopic (exact) mass is 182 g/mol. The van der Waals surface area contributed by atoms with E-state index in [2.05, 4.69) is 9.98 Å². The lowest BCUT2D eigenvalue weighted by Crippen LogP contribution is -2.20. The topological polar surface area (TPSA) is 58.9 Å². The van der Waals surface area contributed by atoms with E-state index in [1.54, 1.807) is 0 Å². The normalized spacial score (nSPS) is 11.6. The van der Waals surface area contributed by atoms with Crippen molar-refractivity contribution in [2.24, 2.45) is 15.9 Å². The van der Waals surface area contributed by atoms with Crippen LogP contribution in [0.3, 0.4) is 0 Å². The van der Waals surface area contributed by atoms with Gasteiger partial charge in [-0.2, -0.15) is 0 Å². The van der Waals surface area contributed by atoms with Crippen molar-refractivity contribution in [2.45, 2.75) is 32.7 Å². The van der Waals surface area contributed by atoms with Crippen LogP contribution in [-0.2, 0) is 9.59 Å². The van der Waals surface area contributed by atoms with E-state index in [1.807, 2.05) is 13.8 Å². The highest BCUT2D eigenvalue weighted by Crippen LogP contribution is 2.15. The lowest BCUT2D eigenvalue weighted by molar-refractivity contribution is 0.400. The van der Waals surface area contributed by atoms with Gasteiger partial charge in [-0.15, -0.1) is 0 Å². The quantitative estimate of drug-likeness (QED) is 0.461. The maximum atomic E-state index is 10.1. The fourth-order valence-corrected chi connectivity index (χ4v) is 1.33. The minimum Gasteiger partial charge on any atom is -0.211 e. The molecule has 0 aromatic heterocycles. The van der Waals surface area contributed by atoms with Gasteiger partial charge in [0, 0.05) is 0 Å². The van der Waals surface area contributed by atoms with Crippen molar-refractivity contribution in [3.05, 3.63) is 0 Å². The molecule has 0 saturated carbocycles. The molecule has 0 fully saturated rings. The molecule has 0 N–H and O–H groups in total. The minimum absolute atomic E-state index is 0.214. The SMILES string of the molecule is CCC(CC)C(CN=C=O)N=C=O. The molecular formula is C9H14N2O2. The predicted molar refractivity (Wildman–Crippen MR) is 49.0 cm³/mol. The smallest absolute Gasteiger partial charge is 0.211 e. The molecule has 0 aliphatic rings. The number of rotatable bonds is 6. The first-order valence-corrected chi connectivity index (χ1v) is 4.40. The average molecular weight is 182 g/mol. The van der Waals surface area contributed by atoms with E-state index in [4.69, 9.17) is 0 Å². The van der Waals surface area contributed by atoms with Crippen molar-refractivity contribution in [3.63, 3.8) is 0 Å². The highest BCUT2D eigenvalue weighted by Gasteiger charge is 2.16. The molecule has 0 bridgehead atoms. The molecule has 0 rings (SSSR count). The Balaban J connectivity index is 4.36. The summed E-state index contributed by atoms with van der Waals surface area (Å²) in [5.41, 5.74) is 0. The summed E-state index contributed by atoms with van der Waals surface area (Å²) in [6.45, 7) is 4.28. The molecule has 1 unspecified atom stereocenters. The van der Waals surface area contributed by atoms with Gasteiger partial charge in [-0.3, -0.25) is 0 Å². The highest BCUT2D eigenvalue weighted by molar-refractivity contribution is 5.35. The summed E-state index contributed by atoms with van der Waals surface area (Å²) in [5.74, 6) is 0.290. The maximum absolute atomic E-state index is 10.1. The zero-order chi connectivity index (χ0) is 10.1. The second-order valence-corrected chi connectivity index (χ2v) is 2.80. The molecule has 0 aliphatic heterocycles. The lowest BCUT2D eigenvalue weighted by Gasteiger charge is -2.17. The van der Waals surface area contributed by atoms with Gasteiger partial charge in [0.25, 0.3) is 0 Å². The molecule has 1 atom stereocenters. The van der Waals surface area contributed by atoms with Gasteiger partial charge < -0.3 is 0 Å². The number of isocyanates is 2. The first-order valence-electron chi connectivity index (χ1n) is 4.40. The minimum atomic E-state index is -0.214. The van der Waals surface area contributed by atoms with Crippen molar-refractivity contribution >= 4 is 12.2 Å². The molecule has 4 nitrogen and oxygen atoms in total. The van der Waals surface area contributed by atoms with E-state index >= 15 is 0 Å². The van der Waals surface area contributed by atoms with Gasteiger partial charge in [0.15, 0.2) is 0 Å². The number of nitrogens with zero attached hydrogens (tertiary/aromatic N) is 2. The second kappa shape index (κ2) is 7.41. The van der Waals surface area contributed by atoms with Gasteiger partial charge in [0.2, 0.25) is 12.2 Å². The Morgan fingerprint density at radius 2 is 1.77 bits per heavy atom. The zero-order valence-corrected chi connectivity index (χ0v) is 7.99. The summed E-state index contributed by atoms with van der Waals surface area (Å²) >= 11 is 0. The zero-order valence-electron chi connectivity index (χ0n) is 7.99. The number of aliphatic imine (C=N–C) groups is 2. The molecule has 0 heterocycles. The van der Waals surface area contributed by atoms with Crippen molar-refractivity contribution in [3.8, 4) is 0 Å². The van der Waals surface area contributed by atoms with Gasteiger partial charge in [-0.1, -0.05) is 26.7 Å². The molecular weight excluding hydrogens is 168 g/mol. The number of hydrogen-bond donors (Lipinski definition) is 0. The average Bonchev–Trinajstić information content (AvgIpc) is 2.16. The van der Waals surface area contributed by atoms with Gasteiger partial charge >= 0.3 is 0 Å². The fourth-order valence-electron chi connectivity index (χ4n) is 1.33. The van der Waals surface area contributed by atoms with Crippen molar-refractivity contribution in [1.29, 1.82) is 0 Å². The molecule has 0 aromatic carbocycles. The van der Waals surface area contributed by atoms with Crippen LogP contribution < -0.4 is 0 Å². The molecule has 0 aromatic rings. The number of carbonyl (C=O) groups excluding carboxylic acids is 2. The van der Waals surface area contributed by atoms with E-state index in [9.17, 15) is 9.59 Å². The molecule has 72 valence electrons. The third kappa shape index (κ3) is 4.36. The second-order valence-electron chi connectivity index (χ2n) is 2.80. The third-order valence-corrected chi connectivity index (χ3v) is 2.15. The fraction of sp³-hybridized carbons (Fsp3) is 0.778. The molecule has 0 aliphatic carbocycles. The van der Waals surface area contributed by atoms with Gasteiger partial charge in [0.1, 0.15) is 0 Å². The largest absolute Gasteiger partial charge is 0.235 e. The van der Waals surface area contributed by atoms with Crippen molar-refractivity contribution in [2.75, 3.05) is 6.54 Å². The van der Waals surface area contributed by atoms with Crippen LogP contribution in [0.15, 0.2) is 9.98 Å². The Bertz CT molecular complexity index is 224. The van der Waals surface area contributed by atoms with Crippen LogP contribution in [-0.4, -0.2) is 24.7 Å². The Morgan fingerprint density at radius 3 is 2.15 bits per heavy atom. The van der Waals surface area contributed by atoms with Crippen LogP contribution >= 0.6 is 0 Å². The molecule has 0 amide bonds. The van der Waals surface area contributed by atoms with E-state index in [0.29, 0.717) is 5.92 Å². The summed E-state index contributed by atoms with van der Waals surface area (Å²) in [4.78, 5) is 27.0. The van der Waals surface area contributed by atoms with E-state index < -0.39 is 0 Å². The molecule has 4 heteroatoms. The Hall–Kier alpha value is -1.24. The molecule has 0 radical (unpaired) electrons. The molecule has 0 saturated heterocycles. The molecule has 13 heavy (non-hydrogen) atoms. The van der Waals surface area contributed by atoms with Gasteiger partial charge in [0.05, 0.1) is 12.6 Å². The maximum Gasteiger partial charge on any atom is 0.235 e. The summed E-state index contributed by atoms with van der Waals surface area (Å²) in [5, 5.41) is 0. The summed E-state index contributed by atoms with van der Waals surface area (Å²) in [6, 6.07) is -0.214. The van der Waals surface area contributed by atoms with Crippen molar-refractivity contribution in [1.82, 2.24) is 0 Å². The van der Waals surface area contributed by atoms with Crippen LogP contribution in [0.4, 0.5) is 0 Å².